The van der Waals surface area contributed by atoms with E-state index >= 15 is 0 Å². The van der Waals surface area contributed by atoms with Crippen LogP contribution < -0.4 is 10.6 Å². The fraction of sp³-hybridized carbons (Fsp3) is 0.485. The van der Waals surface area contributed by atoms with Gasteiger partial charge in [-0.15, -0.1) is 0 Å². The molecule has 0 aliphatic rings. The molecule has 0 fully saturated rings. The smallest absolute Gasteiger partial charge is 0.408 e. The lowest BCUT2D eigenvalue weighted by atomic mass is 9.90. The van der Waals surface area contributed by atoms with Gasteiger partial charge in [0.2, 0.25) is 11.8 Å². The van der Waals surface area contributed by atoms with E-state index in [0.29, 0.717) is 18.5 Å². The van der Waals surface area contributed by atoms with Crippen molar-refractivity contribution >= 4 is 24.0 Å². The normalized spacial score (nSPS) is 13.1. The predicted octanol–water partition coefficient (Wildman–Crippen LogP) is 6.44. The molecule has 7 nitrogen and oxygen atoms in total. The quantitative estimate of drug-likeness (QED) is 0.282. The highest BCUT2D eigenvalue weighted by atomic mass is 16.6. The number of hydrogen-bond donors (Lipinski definition) is 2. The number of ether oxygens (including phenoxy) is 1. The molecule has 0 radical (unpaired) electrons. The average molecular weight is 550 g/mol. The van der Waals surface area contributed by atoms with Gasteiger partial charge in [-0.05, 0) is 70.2 Å². The van der Waals surface area contributed by atoms with Gasteiger partial charge < -0.3 is 20.3 Å². The second-order valence-electron chi connectivity index (χ2n) is 11.7. The predicted molar refractivity (Wildman–Crippen MR) is 162 cm³/mol. The molecule has 2 aromatic rings. The maximum atomic E-state index is 14.6. The van der Waals surface area contributed by atoms with Crippen molar-refractivity contribution in [2.45, 2.75) is 97.4 Å². The van der Waals surface area contributed by atoms with Gasteiger partial charge in [0.1, 0.15) is 17.7 Å². The molecule has 0 spiro atoms. The van der Waals surface area contributed by atoms with Crippen LogP contribution in [0.15, 0.2) is 61.2 Å². The van der Waals surface area contributed by atoms with Gasteiger partial charge in [-0.1, -0.05) is 81.5 Å². The average Bonchev–Trinajstić information content (AvgIpc) is 2.90. The number of nitrogens with zero attached hydrogens (tertiary/aromatic N) is 1. The van der Waals surface area contributed by atoms with Gasteiger partial charge in [0, 0.05) is 18.5 Å². The molecule has 2 unspecified atom stereocenters. The summed E-state index contributed by atoms with van der Waals surface area (Å²) in [6.45, 7) is 17.6. The highest BCUT2D eigenvalue weighted by molar-refractivity contribution is 5.93. The molecular weight excluding hydrogens is 502 g/mol. The van der Waals surface area contributed by atoms with E-state index in [0.717, 1.165) is 24.0 Å². The molecule has 0 heterocycles. The SMILES string of the molecule is C=Cc1cccc(C(C(=O)NCCCC)N(C(=O)C(Cc2ccccc2)NC(=O)OC(C)(C)C)C(C)(C)CC)c1. The zero-order valence-corrected chi connectivity index (χ0v) is 25.3. The summed E-state index contributed by atoms with van der Waals surface area (Å²) in [4.78, 5) is 43.1. The third-order valence-electron chi connectivity index (χ3n) is 6.82. The van der Waals surface area contributed by atoms with Crippen molar-refractivity contribution in [1.82, 2.24) is 15.5 Å². The Hall–Kier alpha value is -3.61. The number of rotatable bonds is 13. The van der Waals surface area contributed by atoms with E-state index in [1.165, 1.54) is 0 Å². The van der Waals surface area contributed by atoms with Crippen LogP contribution in [0, 0.1) is 0 Å². The van der Waals surface area contributed by atoms with E-state index < -0.39 is 29.3 Å². The fourth-order valence-corrected chi connectivity index (χ4v) is 4.37. The molecule has 0 aliphatic carbocycles. The lowest BCUT2D eigenvalue weighted by molar-refractivity contribution is -0.149. The van der Waals surface area contributed by atoms with Crippen LogP contribution in [0.1, 0.15) is 90.5 Å². The van der Waals surface area contributed by atoms with E-state index in [2.05, 4.69) is 24.1 Å². The number of unbranched alkanes of at least 4 members (excludes halogenated alkanes) is 1. The van der Waals surface area contributed by atoms with Crippen molar-refractivity contribution in [1.29, 1.82) is 0 Å². The molecule has 218 valence electrons. The van der Waals surface area contributed by atoms with Crippen LogP contribution in [0.3, 0.4) is 0 Å². The Labute approximate surface area is 240 Å². The van der Waals surface area contributed by atoms with Crippen LogP contribution in [0.2, 0.25) is 0 Å². The van der Waals surface area contributed by atoms with Crippen molar-refractivity contribution in [3.63, 3.8) is 0 Å². The van der Waals surface area contributed by atoms with E-state index in [9.17, 15) is 14.4 Å². The van der Waals surface area contributed by atoms with Crippen LogP contribution >= 0.6 is 0 Å². The Morgan fingerprint density at radius 1 is 1.00 bits per heavy atom. The summed E-state index contributed by atoms with van der Waals surface area (Å²) in [5.74, 6) is -0.624. The third kappa shape index (κ3) is 9.54. The van der Waals surface area contributed by atoms with Gasteiger partial charge in [0.05, 0.1) is 0 Å². The molecule has 0 aromatic heterocycles. The first kappa shape index (κ1) is 32.6. The molecule has 0 bridgehead atoms. The lowest BCUT2D eigenvalue weighted by Crippen LogP contribution is -2.60. The number of nitrogens with one attached hydrogen (secondary N) is 2. The topological polar surface area (TPSA) is 87.7 Å². The Bertz CT molecular complexity index is 1140. The van der Waals surface area contributed by atoms with Crippen LogP contribution in [-0.4, -0.2) is 46.5 Å². The van der Waals surface area contributed by atoms with Crippen LogP contribution in [0.4, 0.5) is 4.79 Å². The maximum Gasteiger partial charge on any atom is 0.408 e. The molecule has 3 amide bonds. The highest BCUT2D eigenvalue weighted by Crippen LogP contribution is 2.33. The maximum absolute atomic E-state index is 14.6. The van der Waals surface area contributed by atoms with Gasteiger partial charge in [0.25, 0.3) is 0 Å². The summed E-state index contributed by atoms with van der Waals surface area (Å²) < 4.78 is 5.52. The standard InChI is InChI=1S/C33H47N3O4/c1-9-12-21-34-29(37)28(26-20-16-19-24(10-2)22-26)36(33(7,8)11-3)30(38)27(23-25-17-14-13-15-18-25)35-31(39)40-32(4,5)6/h10,13-20,22,27-28H,2,9,11-12,21,23H2,1,3-8H3,(H,34,37)(H,35,39). The van der Waals surface area contributed by atoms with Crippen molar-refractivity contribution in [2.24, 2.45) is 0 Å². The molecule has 2 N–H and O–H groups in total. The van der Waals surface area contributed by atoms with Crippen LogP contribution in [0.25, 0.3) is 6.08 Å². The first-order valence-corrected chi connectivity index (χ1v) is 14.2. The summed E-state index contributed by atoms with van der Waals surface area (Å²) in [5.41, 5.74) is 0.942. The number of alkyl carbamates (subject to hydrolysis) is 1. The molecule has 7 heteroatoms. The molecular formula is C33H47N3O4. The lowest BCUT2D eigenvalue weighted by Gasteiger charge is -2.44. The van der Waals surface area contributed by atoms with Gasteiger partial charge in [-0.25, -0.2) is 4.79 Å². The summed E-state index contributed by atoms with van der Waals surface area (Å²) >= 11 is 0. The van der Waals surface area contributed by atoms with E-state index in [-0.39, 0.29) is 18.2 Å². The van der Waals surface area contributed by atoms with Crippen molar-refractivity contribution < 1.29 is 19.1 Å². The molecule has 40 heavy (non-hydrogen) atoms. The van der Waals surface area contributed by atoms with Gasteiger partial charge in [0.15, 0.2) is 0 Å². The van der Waals surface area contributed by atoms with Crippen molar-refractivity contribution in [3.8, 4) is 0 Å². The summed E-state index contributed by atoms with van der Waals surface area (Å²) in [5, 5.41) is 5.86. The van der Waals surface area contributed by atoms with E-state index in [1.807, 2.05) is 75.4 Å². The monoisotopic (exact) mass is 549 g/mol. The molecule has 2 rings (SSSR count). The second-order valence-corrected chi connectivity index (χ2v) is 11.7. The van der Waals surface area contributed by atoms with Gasteiger partial charge in [-0.3, -0.25) is 9.59 Å². The second kappa shape index (κ2) is 14.7. The first-order valence-electron chi connectivity index (χ1n) is 14.2. The summed E-state index contributed by atoms with van der Waals surface area (Å²) in [6, 6.07) is 15.1. The minimum absolute atomic E-state index is 0.242. The van der Waals surface area contributed by atoms with Gasteiger partial charge >= 0.3 is 6.09 Å². The molecule has 2 atom stereocenters. The van der Waals surface area contributed by atoms with E-state index in [4.69, 9.17) is 4.74 Å². The van der Waals surface area contributed by atoms with Gasteiger partial charge in [-0.2, -0.15) is 0 Å². The third-order valence-corrected chi connectivity index (χ3v) is 6.82. The Morgan fingerprint density at radius 3 is 2.25 bits per heavy atom. The summed E-state index contributed by atoms with van der Waals surface area (Å²) in [7, 11) is 0. The molecule has 0 saturated heterocycles. The zero-order chi connectivity index (χ0) is 29.9. The highest BCUT2D eigenvalue weighted by Gasteiger charge is 2.43. The number of carbonyl (C=O) groups is 3. The fourth-order valence-electron chi connectivity index (χ4n) is 4.37. The number of amides is 3. The number of carbonyl (C=O) groups excluding carboxylic acids is 3. The zero-order valence-electron chi connectivity index (χ0n) is 25.3. The Balaban J connectivity index is 2.65. The first-order chi connectivity index (χ1) is 18.8. The van der Waals surface area contributed by atoms with Crippen LogP contribution in [0.5, 0.6) is 0 Å². The minimum atomic E-state index is -0.961. The van der Waals surface area contributed by atoms with E-state index in [1.54, 1.807) is 31.7 Å². The van der Waals surface area contributed by atoms with Crippen LogP contribution in [-0.2, 0) is 20.7 Å². The molecule has 0 aliphatic heterocycles. The minimum Gasteiger partial charge on any atom is -0.444 e. The summed E-state index contributed by atoms with van der Waals surface area (Å²) in [6.07, 6.45) is 3.62. The number of benzene rings is 2. The largest absolute Gasteiger partial charge is 0.444 e. The Kier molecular flexibility index (Phi) is 12.0. The molecule has 2 aromatic carbocycles. The Morgan fingerprint density at radius 2 is 1.68 bits per heavy atom. The number of hydrogen-bond acceptors (Lipinski definition) is 4. The van der Waals surface area contributed by atoms with Crippen molar-refractivity contribution in [3.05, 3.63) is 77.9 Å². The van der Waals surface area contributed by atoms with Crippen molar-refractivity contribution in [2.75, 3.05) is 6.54 Å². The molecule has 0 saturated carbocycles.